The number of carbonyl (C=O) groups is 2. The highest BCUT2D eigenvalue weighted by molar-refractivity contribution is 5.98. The van der Waals surface area contributed by atoms with Crippen LogP contribution < -0.4 is 5.32 Å². The average molecular weight is 351 g/mol. The standard InChI is InChI=1S/C20H18FN3O2/c21-16-3-1-2-13(8-16)11-24-12-17(10-19(24)25)23-20(26)15-4-5-18-14(9-15)6-7-22-18/h1-9,17,22H,10-12H2,(H,23,26)/t17-/m1/s1. The number of nitrogens with zero attached hydrogens (tertiary/aromatic N) is 1. The number of hydrogen-bond donors (Lipinski definition) is 2. The summed E-state index contributed by atoms with van der Waals surface area (Å²) in [5, 5.41) is 3.89. The Bertz CT molecular complexity index is 982. The van der Waals surface area contributed by atoms with Gasteiger partial charge in [0, 0.05) is 42.2 Å². The molecule has 1 saturated heterocycles. The fourth-order valence-electron chi connectivity index (χ4n) is 3.34. The van der Waals surface area contributed by atoms with Crippen LogP contribution in [-0.4, -0.2) is 34.3 Å². The number of halogens is 1. The summed E-state index contributed by atoms with van der Waals surface area (Å²) in [6.45, 7) is 0.770. The monoisotopic (exact) mass is 351 g/mol. The molecule has 6 heteroatoms. The van der Waals surface area contributed by atoms with Crippen molar-refractivity contribution in [1.82, 2.24) is 15.2 Å². The fraction of sp³-hybridized carbons (Fsp3) is 0.200. The zero-order valence-corrected chi connectivity index (χ0v) is 14.0. The minimum absolute atomic E-state index is 0.0411. The number of aromatic nitrogens is 1. The van der Waals surface area contributed by atoms with Gasteiger partial charge in [-0.15, -0.1) is 0 Å². The van der Waals surface area contributed by atoms with Gasteiger partial charge in [-0.1, -0.05) is 12.1 Å². The SMILES string of the molecule is O=C(N[C@@H]1CC(=O)N(Cc2cccc(F)c2)C1)c1ccc2[nH]ccc2c1. The topological polar surface area (TPSA) is 65.2 Å². The third-order valence-electron chi connectivity index (χ3n) is 4.63. The maximum absolute atomic E-state index is 13.3. The van der Waals surface area contributed by atoms with Crippen molar-refractivity contribution < 1.29 is 14.0 Å². The quantitative estimate of drug-likeness (QED) is 0.759. The first-order valence-electron chi connectivity index (χ1n) is 8.49. The van der Waals surface area contributed by atoms with Gasteiger partial charge in [-0.3, -0.25) is 9.59 Å². The van der Waals surface area contributed by atoms with E-state index in [0.29, 0.717) is 18.7 Å². The maximum Gasteiger partial charge on any atom is 0.251 e. The number of H-pyrrole nitrogens is 1. The van der Waals surface area contributed by atoms with Crippen molar-refractivity contribution in [2.24, 2.45) is 0 Å². The number of benzene rings is 2. The van der Waals surface area contributed by atoms with Gasteiger partial charge in [0.25, 0.3) is 5.91 Å². The summed E-state index contributed by atoms with van der Waals surface area (Å²) in [5.74, 6) is -0.557. The van der Waals surface area contributed by atoms with Crippen molar-refractivity contribution in [3.05, 3.63) is 71.7 Å². The summed E-state index contributed by atoms with van der Waals surface area (Å²) >= 11 is 0. The first-order valence-corrected chi connectivity index (χ1v) is 8.49. The van der Waals surface area contributed by atoms with Crippen LogP contribution in [0.5, 0.6) is 0 Å². The lowest BCUT2D eigenvalue weighted by Crippen LogP contribution is -2.37. The third kappa shape index (κ3) is 3.31. The van der Waals surface area contributed by atoms with Crippen LogP contribution in [-0.2, 0) is 11.3 Å². The molecule has 1 fully saturated rings. The van der Waals surface area contributed by atoms with Gasteiger partial charge in [-0.25, -0.2) is 4.39 Å². The molecule has 2 aromatic carbocycles. The second-order valence-electron chi connectivity index (χ2n) is 6.56. The second kappa shape index (κ2) is 6.63. The van der Waals surface area contributed by atoms with Crippen molar-refractivity contribution in [1.29, 1.82) is 0 Å². The van der Waals surface area contributed by atoms with Gasteiger partial charge in [-0.05, 0) is 42.0 Å². The number of amides is 2. The molecule has 2 N–H and O–H groups in total. The Balaban J connectivity index is 1.41. The van der Waals surface area contributed by atoms with Gasteiger partial charge in [0.15, 0.2) is 0 Å². The third-order valence-corrected chi connectivity index (χ3v) is 4.63. The average Bonchev–Trinajstić information content (AvgIpc) is 3.21. The van der Waals surface area contributed by atoms with Crippen molar-refractivity contribution in [3.8, 4) is 0 Å². The van der Waals surface area contributed by atoms with Gasteiger partial charge in [-0.2, -0.15) is 0 Å². The largest absolute Gasteiger partial charge is 0.361 e. The summed E-state index contributed by atoms with van der Waals surface area (Å²) in [6.07, 6.45) is 2.08. The Morgan fingerprint density at radius 1 is 1.23 bits per heavy atom. The molecule has 26 heavy (non-hydrogen) atoms. The molecule has 1 aliphatic heterocycles. The van der Waals surface area contributed by atoms with Gasteiger partial charge in [0.1, 0.15) is 5.82 Å². The van der Waals surface area contributed by atoms with Crippen molar-refractivity contribution in [3.63, 3.8) is 0 Å². The van der Waals surface area contributed by atoms with E-state index in [2.05, 4.69) is 10.3 Å². The van der Waals surface area contributed by atoms with Gasteiger partial charge < -0.3 is 15.2 Å². The molecular weight excluding hydrogens is 333 g/mol. The lowest BCUT2D eigenvalue weighted by molar-refractivity contribution is -0.128. The predicted octanol–water partition coefficient (Wildman–Crippen LogP) is 2.84. The fourth-order valence-corrected chi connectivity index (χ4v) is 3.34. The Hall–Kier alpha value is -3.15. The highest BCUT2D eigenvalue weighted by Gasteiger charge is 2.30. The number of aromatic amines is 1. The number of rotatable bonds is 4. The molecule has 1 aliphatic rings. The Kier molecular flexibility index (Phi) is 4.16. The maximum atomic E-state index is 13.3. The highest BCUT2D eigenvalue weighted by atomic mass is 19.1. The van der Waals surface area contributed by atoms with E-state index in [4.69, 9.17) is 0 Å². The van der Waals surface area contributed by atoms with Crippen LogP contribution in [0.1, 0.15) is 22.3 Å². The van der Waals surface area contributed by atoms with Crippen LogP contribution in [0.4, 0.5) is 4.39 Å². The molecule has 0 bridgehead atoms. The first-order chi connectivity index (χ1) is 12.6. The predicted molar refractivity (Wildman–Crippen MR) is 96.0 cm³/mol. The van der Waals surface area contributed by atoms with Crippen LogP contribution >= 0.6 is 0 Å². The molecule has 0 spiro atoms. The van der Waals surface area contributed by atoms with Crippen molar-refractivity contribution in [2.45, 2.75) is 19.0 Å². The summed E-state index contributed by atoms with van der Waals surface area (Å²) in [7, 11) is 0. The number of hydrogen-bond acceptors (Lipinski definition) is 2. The molecule has 2 heterocycles. The van der Waals surface area contributed by atoms with Gasteiger partial charge in [0.05, 0.1) is 6.04 Å². The number of likely N-dealkylation sites (tertiary alicyclic amines) is 1. The van der Waals surface area contributed by atoms with E-state index in [0.717, 1.165) is 16.5 Å². The minimum Gasteiger partial charge on any atom is -0.361 e. The van der Waals surface area contributed by atoms with E-state index >= 15 is 0 Å². The molecule has 132 valence electrons. The zero-order chi connectivity index (χ0) is 18.1. The Morgan fingerprint density at radius 3 is 2.96 bits per heavy atom. The van der Waals surface area contributed by atoms with Gasteiger partial charge in [0.2, 0.25) is 5.91 Å². The van der Waals surface area contributed by atoms with E-state index in [9.17, 15) is 14.0 Å². The Labute approximate surface area is 149 Å². The van der Waals surface area contributed by atoms with E-state index in [1.807, 2.05) is 24.4 Å². The number of fused-ring (bicyclic) bond motifs is 1. The van der Waals surface area contributed by atoms with E-state index in [1.165, 1.54) is 12.1 Å². The normalized spacial score (nSPS) is 17.0. The van der Waals surface area contributed by atoms with Crippen LogP contribution in [0.2, 0.25) is 0 Å². The molecule has 1 aromatic heterocycles. The second-order valence-corrected chi connectivity index (χ2v) is 6.56. The Morgan fingerprint density at radius 2 is 2.12 bits per heavy atom. The van der Waals surface area contributed by atoms with E-state index < -0.39 is 0 Å². The summed E-state index contributed by atoms with van der Waals surface area (Å²) < 4.78 is 13.3. The van der Waals surface area contributed by atoms with Crippen LogP contribution in [0.3, 0.4) is 0 Å². The highest BCUT2D eigenvalue weighted by Crippen LogP contribution is 2.18. The van der Waals surface area contributed by atoms with Crippen LogP contribution in [0.25, 0.3) is 10.9 Å². The van der Waals surface area contributed by atoms with Crippen LogP contribution in [0, 0.1) is 5.82 Å². The molecule has 2 amide bonds. The molecule has 0 radical (unpaired) electrons. The lowest BCUT2D eigenvalue weighted by Gasteiger charge is -2.17. The minimum atomic E-state index is -0.320. The van der Waals surface area contributed by atoms with Crippen molar-refractivity contribution in [2.75, 3.05) is 6.54 Å². The zero-order valence-electron chi connectivity index (χ0n) is 14.0. The summed E-state index contributed by atoms with van der Waals surface area (Å²) in [6, 6.07) is 13.3. The molecule has 5 nitrogen and oxygen atoms in total. The molecule has 4 rings (SSSR count). The summed E-state index contributed by atoms with van der Waals surface area (Å²) in [4.78, 5) is 29.4. The van der Waals surface area contributed by atoms with E-state index in [1.54, 1.807) is 23.1 Å². The van der Waals surface area contributed by atoms with Gasteiger partial charge >= 0.3 is 0 Å². The van der Waals surface area contributed by atoms with E-state index in [-0.39, 0.29) is 30.1 Å². The molecule has 3 aromatic rings. The molecule has 1 atom stereocenters. The summed E-state index contributed by atoms with van der Waals surface area (Å²) in [5.41, 5.74) is 2.27. The molecule has 0 saturated carbocycles. The molecule has 0 unspecified atom stereocenters. The van der Waals surface area contributed by atoms with Crippen molar-refractivity contribution >= 4 is 22.7 Å². The first kappa shape index (κ1) is 16.3. The smallest absolute Gasteiger partial charge is 0.251 e. The number of carbonyl (C=O) groups excluding carboxylic acids is 2. The lowest BCUT2D eigenvalue weighted by atomic mass is 10.1. The van der Waals surface area contributed by atoms with Crippen LogP contribution in [0.15, 0.2) is 54.7 Å². The molecular formula is C20H18FN3O2. The molecule has 0 aliphatic carbocycles. The number of nitrogens with one attached hydrogen (secondary N) is 2.